The lowest BCUT2D eigenvalue weighted by molar-refractivity contribution is 0.615. The molecule has 2 heterocycles. The fourth-order valence-electron chi connectivity index (χ4n) is 2.86. The van der Waals surface area contributed by atoms with E-state index in [1.165, 1.54) is 11.1 Å². The van der Waals surface area contributed by atoms with E-state index in [2.05, 4.69) is 34.6 Å². The molecule has 0 spiro atoms. The molecule has 94 valence electrons. The van der Waals surface area contributed by atoms with Crippen LogP contribution < -0.4 is 5.32 Å². The number of fused-ring (bicyclic) bond motifs is 2. The number of nitrogens with zero attached hydrogens (tertiary/aromatic N) is 1. The molecule has 0 saturated carbocycles. The van der Waals surface area contributed by atoms with Crippen LogP contribution in [0.25, 0.3) is 11.0 Å². The number of hydrogen-bond donors (Lipinski definition) is 1. The molecule has 0 bridgehead atoms. The smallest absolute Gasteiger partial charge is 0.139 e. The predicted molar refractivity (Wildman–Crippen MR) is 75.3 cm³/mol. The van der Waals surface area contributed by atoms with Gasteiger partial charge >= 0.3 is 0 Å². The van der Waals surface area contributed by atoms with Crippen LogP contribution in [0.5, 0.6) is 0 Å². The predicted octanol–water partition coefficient (Wildman–Crippen LogP) is 3.41. The Morgan fingerprint density at radius 3 is 2.63 bits per heavy atom. The largest absolute Gasteiger partial charge is 0.464 e. The van der Waals surface area contributed by atoms with Gasteiger partial charge < -0.3 is 9.73 Å². The Hall–Kier alpha value is -2.29. The van der Waals surface area contributed by atoms with Gasteiger partial charge in [0.15, 0.2) is 0 Å². The van der Waals surface area contributed by atoms with Gasteiger partial charge in [0, 0.05) is 12.2 Å². The van der Waals surface area contributed by atoms with Crippen molar-refractivity contribution in [3.05, 3.63) is 60.0 Å². The first-order chi connectivity index (χ1) is 9.40. The second-order valence-corrected chi connectivity index (χ2v) is 5.01. The lowest BCUT2D eigenvalue weighted by Crippen LogP contribution is -2.20. The van der Waals surface area contributed by atoms with Gasteiger partial charge in [-0.05, 0) is 36.1 Å². The monoisotopic (exact) mass is 250 g/mol. The van der Waals surface area contributed by atoms with Gasteiger partial charge in [0.2, 0.25) is 0 Å². The van der Waals surface area contributed by atoms with Gasteiger partial charge in [0.25, 0.3) is 0 Å². The average Bonchev–Trinajstić information content (AvgIpc) is 3.04. The molecule has 3 aromatic rings. The molecular weight excluding hydrogens is 236 g/mol. The Morgan fingerprint density at radius 2 is 1.84 bits per heavy atom. The zero-order valence-corrected chi connectivity index (χ0v) is 10.5. The molecule has 0 amide bonds. The third-order valence-electron chi connectivity index (χ3n) is 3.77. The maximum absolute atomic E-state index is 5.40. The summed E-state index contributed by atoms with van der Waals surface area (Å²) >= 11 is 0. The molecule has 0 aliphatic heterocycles. The van der Waals surface area contributed by atoms with Gasteiger partial charge in [-0.15, -0.1) is 0 Å². The number of anilines is 1. The van der Waals surface area contributed by atoms with E-state index in [9.17, 15) is 0 Å². The van der Waals surface area contributed by atoms with Crippen LogP contribution in [0, 0.1) is 0 Å². The van der Waals surface area contributed by atoms with E-state index in [0.717, 1.165) is 29.6 Å². The fraction of sp³-hybridized carbons (Fsp3) is 0.188. The standard InChI is InChI=1S/C16H14N2O/c1-2-4-12-10-13(9-11(12)3-1)18-16-14-6-8-19-15(14)5-7-17-16/h1-8,13H,9-10H2,(H,17,18). The lowest BCUT2D eigenvalue weighted by atomic mass is 10.1. The van der Waals surface area contributed by atoms with Gasteiger partial charge in [-0.2, -0.15) is 0 Å². The summed E-state index contributed by atoms with van der Waals surface area (Å²) < 4.78 is 5.40. The molecule has 1 aliphatic rings. The summed E-state index contributed by atoms with van der Waals surface area (Å²) in [5.41, 5.74) is 3.77. The molecule has 1 aliphatic carbocycles. The Balaban J connectivity index is 1.62. The van der Waals surface area contributed by atoms with Crippen LogP contribution in [0.1, 0.15) is 11.1 Å². The van der Waals surface area contributed by atoms with E-state index < -0.39 is 0 Å². The first-order valence-corrected chi connectivity index (χ1v) is 6.56. The summed E-state index contributed by atoms with van der Waals surface area (Å²) in [6, 6.07) is 12.9. The van der Waals surface area contributed by atoms with Crippen LogP contribution in [-0.2, 0) is 12.8 Å². The fourth-order valence-corrected chi connectivity index (χ4v) is 2.86. The molecule has 0 atom stereocenters. The molecule has 0 unspecified atom stereocenters. The Labute approximate surface area is 111 Å². The van der Waals surface area contributed by atoms with Crippen LogP contribution >= 0.6 is 0 Å². The van der Waals surface area contributed by atoms with Crippen LogP contribution in [0.2, 0.25) is 0 Å². The molecule has 4 rings (SSSR count). The molecule has 3 heteroatoms. The minimum absolute atomic E-state index is 0.422. The molecular formula is C16H14N2O. The van der Waals surface area contributed by atoms with Crippen molar-refractivity contribution in [2.24, 2.45) is 0 Å². The summed E-state index contributed by atoms with van der Waals surface area (Å²) in [4.78, 5) is 4.43. The van der Waals surface area contributed by atoms with E-state index in [4.69, 9.17) is 4.42 Å². The van der Waals surface area contributed by atoms with Crippen molar-refractivity contribution in [1.82, 2.24) is 4.98 Å². The minimum Gasteiger partial charge on any atom is -0.464 e. The number of pyridine rings is 1. The van der Waals surface area contributed by atoms with E-state index in [1.54, 1.807) is 12.5 Å². The highest BCUT2D eigenvalue weighted by atomic mass is 16.3. The van der Waals surface area contributed by atoms with Crippen molar-refractivity contribution in [2.75, 3.05) is 5.32 Å². The van der Waals surface area contributed by atoms with Crippen LogP contribution in [0.3, 0.4) is 0 Å². The lowest BCUT2D eigenvalue weighted by Gasteiger charge is -2.13. The number of furan rings is 1. The second kappa shape index (κ2) is 4.12. The Kier molecular flexibility index (Phi) is 2.30. The first-order valence-electron chi connectivity index (χ1n) is 6.56. The molecule has 0 radical (unpaired) electrons. The summed E-state index contributed by atoms with van der Waals surface area (Å²) in [5.74, 6) is 0.920. The van der Waals surface area contributed by atoms with Gasteiger partial charge in [-0.1, -0.05) is 24.3 Å². The minimum atomic E-state index is 0.422. The maximum Gasteiger partial charge on any atom is 0.139 e. The first kappa shape index (κ1) is 10.6. The van der Waals surface area contributed by atoms with E-state index >= 15 is 0 Å². The number of nitrogens with one attached hydrogen (secondary N) is 1. The molecule has 2 aromatic heterocycles. The highest BCUT2D eigenvalue weighted by Crippen LogP contribution is 2.27. The SMILES string of the molecule is c1ccc2c(c1)CC(Nc1nccc3occc13)C2. The highest BCUT2D eigenvalue weighted by Gasteiger charge is 2.21. The van der Waals surface area contributed by atoms with Crippen molar-refractivity contribution in [1.29, 1.82) is 0 Å². The number of hydrogen-bond acceptors (Lipinski definition) is 3. The normalized spacial score (nSPS) is 14.7. The van der Waals surface area contributed by atoms with Gasteiger partial charge in [0.05, 0.1) is 11.6 Å². The molecule has 0 fully saturated rings. The average molecular weight is 250 g/mol. The number of aromatic nitrogens is 1. The van der Waals surface area contributed by atoms with Crippen LogP contribution in [-0.4, -0.2) is 11.0 Å². The topological polar surface area (TPSA) is 38.1 Å². The van der Waals surface area contributed by atoms with Gasteiger partial charge in [-0.3, -0.25) is 0 Å². The maximum atomic E-state index is 5.40. The quantitative estimate of drug-likeness (QED) is 0.757. The van der Waals surface area contributed by atoms with E-state index in [0.29, 0.717) is 6.04 Å². The van der Waals surface area contributed by atoms with Gasteiger partial charge in [0.1, 0.15) is 11.4 Å². The third-order valence-corrected chi connectivity index (χ3v) is 3.77. The van der Waals surface area contributed by atoms with Crippen molar-refractivity contribution < 1.29 is 4.42 Å². The zero-order chi connectivity index (χ0) is 12.7. The summed E-state index contributed by atoms with van der Waals surface area (Å²) in [5, 5.41) is 4.60. The van der Waals surface area contributed by atoms with Crippen molar-refractivity contribution in [3.63, 3.8) is 0 Å². The van der Waals surface area contributed by atoms with Gasteiger partial charge in [-0.25, -0.2) is 4.98 Å². The molecule has 19 heavy (non-hydrogen) atoms. The van der Waals surface area contributed by atoms with Crippen LogP contribution in [0.15, 0.2) is 53.3 Å². The Bertz CT molecular complexity index is 707. The van der Waals surface area contributed by atoms with Crippen molar-refractivity contribution in [2.45, 2.75) is 18.9 Å². The summed E-state index contributed by atoms with van der Waals surface area (Å²) in [7, 11) is 0. The molecule has 0 saturated heterocycles. The van der Waals surface area contributed by atoms with E-state index in [1.807, 2.05) is 12.1 Å². The molecule has 3 nitrogen and oxygen atoms in total. The summed E-state index contributed by atoms with van der Waals surface area (Å²) in [6.07, 6.45) is 5.62. The third kappa shape index (κ3) is 1.78. The highest BCUT2D eigenvalue weighted by molar-refractivity contribution is 5.88. The number of benzene rings is 1. The van der Waals surface area contributed by atoms with E-state index in [-0.39, 0.29) is 0 Å². The molecule has 1 aromatic carbocycles. The second-order valence-electron chi connectivity index (χ2n) is 5.01. The van der Waals surface area contributed by atoms with Crippen molar-refractivity contribution >= 4 is 16.8 Å². The zero-order valence-electron chi connectivity index (χ0n) is 10.5. The summed E-state index contributed by atoms with van der Waals surface area (Å²) in [6.45, 7) is 0. The van der Waals surface area contributed by atoms with Crippen molar-refractivity contribution in [3.8, 4) is 0 Å². The van der Waals surface area contributed by atoms with Crippen LogP contribution in [0.4, 0.5) is 5.82 Å². The number of rotatable bonds is 2. The molecule has 1 N–H and O–H groups in total. The Morgan fingerprint density at radius 1 is 1.05 bits per heavy atom.